The van der Waals surface area contributed by atoms with Gasteiger partial charge in [0.1, 0.15) is 0 Å². The molecule has 76 valence electrons. The first-order valence-electron chi connectivity index (χ1n) is 5.31. The van der Waals surface area contributed by atoms with E-state index >= 15 is 0 Å². The van der Waals surface area contributed by atoms with E-state index in [9.17, 15) is 0 Å². The van der Waals surface area contributed by atoms with Crippen molar-refractivity contribution >= 4 is 0 Å². The van der Waals surface area contributed by atoms with E-state index in [1.54, 1.807) is 0 Å². The summed E-state index contributed by atoms with van der Waals surface area (Å²) < 4.78 is 0. The lowest BCUT2D eigenvalue weighted by Gasteiger charge is -2.42. The van der Waals surface area contributed by atoms with Crippen molar-refractivity contribution in [2.75, 3.05) is 26.7 Å². The lowest BCUT2D eigenvalue weighted by Crippen LogP contribution is -2.48. The average Bonchev–Trinajstić information content (AvgIpc) is 2.03. The molecule has 1 saturated carbocycles. The Hall–Kier alpha value is -0.340. The van der Waals surface area contributed by atoms with Gasteiger partial charge in [0, 0.05) is 12.6 Å². The summed E-state index contributed by atoms with van der Waals surface area (Å²) in [7, 11) is 2.20. The molecule has 13 heavy (non-hydrogen) atoms. The van der Waals surface area contributed by atoms with Crippen LogP contribution >= 0.6 is 0 Å². The van der Waals surface area contributed by atoms with Crippen LogP contribution in [0, 0.1) is 5.92 Å². The molecule has 2 unspecified atom stereocenters. The van der Waals surface area contributed by atoms with Crippen molar-refractivity contribution in [1.29, 1.82) is 0 Å². The second kappa shape index (κ2) is 5.40. The maximum absolute atomic E-state index is 3.77. The minimum absolute atomic E-state index is 0.789. The number of hydrogen-bond acceptors (Lipinski definition) is 2. The lowest BCUT2D eigenvalue weighted by molar-refractivity contribution is 0.0940. The molecule has 2 nitrogen and oxygen atoms in total. The van der Waals surface area contributed by atoms with Gasteiger partial charge in [0.25, 0.3) is 0 Å². The normalized spacial score (nSPS) is 27.3. The Bertz CT molecular complexity index is 156. The highest BCUT2D eigenvalue weighted by Gasteiger charge is 2.32. The Labute approximate surface area is 82.0 Å². The van der Waals surface area contributed by atoms with Gasteiger partial charge in [0.15, 0.2) is 0 Å². The molecule has 0 aromatic carbocycles. The van der Waals surface area contributed by atoms with Crippen LogP contribution < -0.4 is 5.32 Å². The summed E-state index contributed by atoms with van der Waals surface area (Å²) in [5.74, 6) is 0.866. The van der Waals surface area contributed by atoms with Gasteiger partial charge in [-0.25, -0.2) is 0 Å². The SMILES string of the molecule is C=CCN(C)C1CCC1CNCC. The van der Waals surface area contributed by atoms with Crippen LogP contribution in [0.15, 0.2) is 12.7 Å². The fourth-order valence-electron chi connectivity index (χ4n) is 2.04. The molecule has 1 N–H and O–H groups in total. The predicted octanol–water partition coefficient (Wildman–Crippen LogP) is 1.49. The van der Waals surface area contributed by atoms with Gasteiger partial charge >= 0.3 is 0 Å². The minimum Gasteiger partial charge on any atom is -0.317 e. The molecule has 1 fully saturated rings. The molecule has 1 aliphatic rings. The molecule has 0 aromatic rings. The maximum Gasteiger partial charge on any atom is 0.0160 e. The molecule has 0 heterocycles. The van der Waals surface area contributed by atoms with E-state index in [2.05, 4.69) is 30.8 Å². The first kappa shape index (κ1) is 10.7. The zero-order valence-corrected chi connectivity index (χ0v) is 8.92. The van der Waals surface area contributed by atoms with E-state index in [1.165, 1.54) is 19.4 Å². The molecule has 1 aliphatic carbocycles. The number of rotatable bonds is 6. The van der Waals surface area contributed by atoms with Gasteiger partial charge in [-0.3, -0.25) is 4.90 Å². The maximum atomic E-state index is 3.77. The van der Waals surface area contributed by atoms with E-state index in [-0.39, 0.29) is 0 Å². The van der Waals surface area contributed by atoms with Gasteiger partial charge in [-0.1, -0.05) is 13.0 Å². The third-order valence-corrected chi connectivity index (χ3v) is 3.02. The summed E-state index contributed by atoms with van der Waals surface area (Å²) in [5, 5.41) is 3.42. The summed E-state index contributed by atoms with van der Waals surface area (Å²) in [4.78, 5) is 2.42. The average molecular weight is 182 g/mol. The number of nitrogens with one attached hydrogen (secondary N) is 1. The molecule has 0 radical (unpaired) electrons. The fourth-order valence-corrected chi connectivity index (χ4v) is 2.04. The highest BCUT2D eigenvalue weighted by Crippen LogP contribution is 2.30. The van der Waals surface area contributed by atoms with Crippen LogP contribution in [0.25, 0.3) is 0 Å². The zero-order valence-electron chi connectivity index (χ0n) is 8.92. The van der Waals surface area contributed by atoms with Crippen LogP contribution in [0.4, 0.5) is 0 Å². The monoisotopic (exact) mass is 182 g/mol. The molecular weight excluding hydrogens is 160 g/mol. The zero-order chi connectivity index (χ0) is 9.68. The standard InChI is InChI=1S/C11H22N2/c1-4-8-13(3)11-7-6-10(11)9-12-5-2/h4,10-12H,1,5-9H2,2-3H3. The van der Waals surface area contributed by atoms with Gasteiger partial charge in [0.05, 0.1) is 0 Å². The minimum atomic E-state index is 0.789. The smallest absolute Gasteiger partial charge is 0.0160 e. The third kappa shape index (κ3) is 2.82. The summed E-state index contributed by atoms with van der Waals surface area (Å²) in [6.07, 6.45) is 4.74. The van der Waals surface area contributed by atoms with Crippen molar-refractivity contribution < 1.29 is 0 Å². The van der Waals surface area contributed by atoms with E-state index in [4.69, 9.17) is 0 Å². The molecule has 0 aliphatic heterocycles. The summed E-state index contributed by atoms with van der Waals surface area (Å²) in [5.41, 5.74) is 0. The molecule has 0 amide bonds. The molecule has 0 aromatic heterocycles. The van der Waals surface area contributed by atoms with Crippen molar-refractivity contribution in [3.63, 3.8) is 0 Å². The Morgan fingerprint density at radius 1 is 1.54 bits per heavy atom. The third-order valence-electron chi connectivity index (χ3n) is 3.02. The molecule has 0 saturated heterocycles. The molecular formula is C11H22N2. The molecule has 2 heteroatoms. The van der Waals surface area contributed by atoms with Crippen LogP contribution in [-0.2, 0) is 0 Å². The summed E-state index contributed by atoms with van der Waals surface area (Å²) in [6.45, 7) is 9.24. The van der Waals surface area contributed by atoms with E-state index < -0.39 is 0 Å². The van der Waals surface area contributed by atoms with Crippen molar-refractivity contribution in [2.45, 2.75) is 25.8 Å². The molecule has 2 atom stereocenters. The van der Waals surface area contributed by atoms with Crippen molar-refractivity contribution in [3.05, 3.63) is 12.7 Å². The van der Waals surface area contributed by atoms with Crippen molar-refractivity contribution in [2.24, 2.45) is 5.92 Å². The van der Waals surface area contributed by atoms with E-state index in [0.29, 0.717) is 0 Å². The highest BCUT2D eigenvalue weighted by atomic mass is 15.1. The topological polar surface area (TPSA) is 15.3 Å². The summed E-state index contributed by atoms with van der Waals surface area (Å²) in [6, 6.07) is 0.789. The Balaban J connectivity index is 2.22. The van der Waals surface area contributed by atoms with E-state index in [0.717, 1.165) is 25.0 Å². The number of nitrogens with zero attached hydrogens (tertiary/aromatic N) is 1. The van der Waals surface area contributed by atoms with Crippen molar-refractivity contribution in [1.82, 2.24) is 10.2 Å². The van der Waals surface area contributed by atoms with Crippen LogP contribution in [0.3, 0.4) is 0 Å². The summed E-state index contributed by atoms with van der Waals surface area (Å²) >= 11 is 0. The quantitative estimate of drug-likeness (QED) is 0.626. The van der Waals surface area contributed by atoms with Gasteiger partial charge < -0.3 is 5.32 Å². The van der Waals surface area contributed by atoms with Gasteiger partial charge in [-0.2, -0.15) is 0 Å². The first-order chi connectivity index (χ1) is 6.29. The largest absolute Gasteiger partial charge is 0.317 e. The second-order valence-electron chi connectivity index (χ2n) is 3.94. The number of likely N-dealkylation sites (N-methyl/N-ethyl adjacent to an activating group) is 1. The van der Waals surface area contributed by atoms with Gasteiger partial charge in [0.2, 0.25) is 0 Å². The molecule has 0 bridgehead atoms. The Morgan fingerprint density at radius 2 is 2.31 bits per heavy atom. The van der Waals surface area contributed by atoms with Crippen LogP contribution in [0.1, 0.15) is 19.8 Å². The second-order valence-corrected chi connectivity index (χ2v) is 3.94. The van der Waals surface area contributed by atoms with Gasteiger partial charge in [-0.15, -0.1) is 6.58 Å². The van der Waals surface area contributed by atoms with Crippen LogP contribution in [0.5, 0.6) is 0 Å². The predicted molar refractivity (Wildman–Crippen MR) is 57.9 cm³/mol. The van der Waals surface area contributed by atoms with E-state index in [1.807, 2.05) is 6.08 Å². The van der Waals surface area contributed by atoms with Crippen LogP contribution in [-0.4, -0.2) is 37.6 Å². The Morgan fingerprint density at radius 3 is 2.77 bits per heavy atom. The Kier molecular flexibility index (Phi) is 4.46. The van der Waals surface area contributed by atoms with Crippen LogP contribution in [0.2, 0.25) is 0 Å². The first-order valence-corrected chi connectivity index (χ1v) is 5.31. The lowest BCUT2D eigenvalue weighted by atomic mass is 9.78. The number of hydrogen-bond donors (Lipinski definition) is 1. The molecule has 1 rings (SSSR count). The van der Waals surface area contributed by atoms with Gasteiger partial charge in [-0.05, 0) is 38.9 Å². The highest BCUT2D eigenvalue weighted by molar-refractivity contribution is 4.90. The molecule has 0 spiro atoms. The van der Waals surface area contributed by atoms with Crippen molar-refractivity contribution in [3.8, 4) is 0 Å². The fraction of sp³-hybridized carbons (Fsp3) is 0.818.